The monoisotopic (exact) mass is 363 g/mol. The van der Waals surface area contributed by atoms with Crippen LogP contribution in [-0.4, -0.2) is 34.9 Å². The number of carbonyl (C=O) groups excluding carboxylic acids is 1. The molecule has 1 unspecified atom stereocenters. The van der Waals surface area contributed by atoms with Crippen LogP contribution in [0.3, 0.4) is 0 Å². The number of nitrogens with one attached hydrogen (secondary N) is 1. The van der Waals surface area contributed by atoms with Gasteiger partial charge in [0, 0.05) is 6.20 Å². The molecular weight excluding hydrogens is 345 g/mol. The maximum atomic E-state index is 12.2. The first kappa shape index (κ1) is 13.8. The molecule has 1 aliphatic rings. The lowest BCUT2D eigenvalue weighted by Gasteiger charge is -2.31. The average molecular weight is 363 g/mol. The number of ether oxygens (including phenoxy) is 1. The lowest BCUT2D eigenvalue weighted by molar-refractivity contribution is -0.150. The Labute approximate surface area is 120 Å². The van der Waals surface area contributed by atoms with Gasteiger partial charge in [0.2, 0.25) is 0 Å². The number of nitrogens with zero attached hydrogens (tertiary/aromatic N) is 2. The Bertz CT molecular complexity index is 431. The molecule has 1 heterocycles. The maximum absolute atomic E-state index is 12.2. The van der Waals surface area contributed by atoms with Gasteiger partial charge in [0.25, 0.3) is 0 Å². The molecule has 0 bridgehead atoms. The van der Waals surface area contributed by atoms with E-state index in [1.54, 1.807) is 6.20 Å². The van der Waals surface area contributed by atoms with Gasteiger partial charge in [-0.3, -0.25) is 4.68 Å². The maximum Gasteiger partial charge on any atom is 0.328 e. The largest absolute Gasteiger partial charge is 0.468 e. The standard InChI is InChI=1S/C12H18IN3O2/c1-3-14-12(9-4-5-9,11(17)18-2)8-16-7-10(13)6-15-16/h6-7,9,14H,3-5,8H2,1-2H3. The summed E-state index contributed by atoms with van der Waals surface area (Å²) >= 11 is 2.21. The first-order valence-electron chi connectivity index (χ1n) is 6.13. The molecule has 0 amide bonds. The lowest BCUT2D eigenvalue weighted by Crippen LogP contribution is -2.57. The summed E-state index contributed by atoms with van der Waals surface area (Å²) in [6.07, 6.45) is 5.88. The molecule has 1 aliphatic carbocycles. The van der Waals surface area contributed by atoms with E-state index < -0.39 is 5.54 Å². The van der Waals surface area contributed by atoms with Crippen LogP contribution in [0.15, 0.2) is 12.4 Å². The first-order valence-corrected chi connectivity index (χ1v) is 7.21. The van der Waals surface area contributed by atoms with Crippen molar-refractivity contribution in [3.8, 4) is 0 Å². The lowest BCUT2D eigenvalue weighted by atomic mass is 9.93. The number of likely N-dealkylation sites (N-methyl/N-ethyl adjacent to an activating group) is 1. The number of methoxy groups -OCH3 is 1. The fraction of sp³-hybridized carbons (Fsp3) is 0.667. The van der Waals surface area contributed by atoms with Crippen LogP contribution in [0, 0.1) is 9.49 Å². The molecule has 0 aromatic carbocycles. The first-order chi connectivity index (χ1) is 8.62. The van der Waals surface area contributed by atoms with Crippen LogP contribution in [0.4, 0.5) is 0 Å². The molecular formula is C12H18IN3O2. The number of rotatable bonds is 6. The zero-order valence-electron chi connectivity index (χ0n) is 10.6. The van der Waals surface area contributed by atoms with Crippen molar-refractivity contribution in [2.24, 2.45) is 5.92 Å². The third-order valence-electron chi connectivity index (χ3n) is 3.33. The van der Waals surface area contributed by atoms with Gasteiger partial charge in [-0.25, -0.2) is 4.79 Å². The van der Waals surface area contributed by atoms with E-state index in [2.05, 4.69) is 33.0 Å². The summed E-state index contributed by atoms with van der Waals surface area (Å²) in [4.78, 5) is 12.2. The number of esters is 1. The Balaban J connectivity index is 2.24. The summed E-state index contributed by atoms with van der Waals surface area (Å²) in [6, 6.07) is 0. The fourth-order valence-corrected chi connectivity index (χ4v) is 2.83. The van der Waals surface area contributed by atoms with Crippen LogP contribution in [0.1, 0.15) is 19.8 Å². The van der Waals surface area contributed by atoms with Crippen molar-refractivity contribution in [2.45, 2.75) is 31.8 Å². The number of hydrogen-bond donors (Lipinski definition) is 1. The van der Waals surface area contributed by atoms with Crippen molar-refractivity contribution >= 4 is 28.6 Å². The van der Waals surface area contributed by atoms with Gasteiger partial charge in [0.05, 0.1) is 23.4 Å². The number of carbonyl (C=O) groups is 1. The molecule has 1 N–H and O–H groups in total. The Hall–Kier alpha value is -0.630. The molecule has 0 spiro atoms. The van der Waals surface area contributed by atoms with Gasteiger partial charge in [0.1, 0.15) is 5.54 Å². The molecule has 1 fully saturated rings. The molecule has 2 rings (SSSR count). The SMILES string of the molecule is CCNC(Cn1cc(I)cn1)(C(=O)OC)C1CC1. The number of halogens is 1. The van der Waals surface area contributed by atoms with Crippen molar-refractivity contribution in [2.75, 3.05) is 13.7 Å². The highest BCUT2D eigenvalue weighted by Crippen LogP contribution is 2.41. The van der Waals surface area contributed by atoms with E-state index in [4.69, 9.17) is 4.74 Å². The van der Waals surface area contributed by atoms with Crippen LogP contribution in [0.5, 0.6) is 0 Å². The van der Waals surface area contributed by atoms with Crippen LogP contribution in [0.2, 0.25) is 0 Å². The minimum absolute atomic E-state index is 0.183. The van der Waals surface area contributed by atoms with E-state index in [0.29, 0.717) is 12.5 Å². The quantitative estimate of drug-likeness (QED) is 0.614. The van der Waals surface area contributed by atoms with E-state index in [9.17, 15) is 4.79 Å². The molecule has 1 saturated carbocycles. The van der Waals surface area contributed by atoms with E-state index >= 15 is 0 Å². The van der Waals surface area contributed by atoms with E-state index in [-0.39, 0.29) is 5.97 Å². The highest BCUT2D eigenvalue weighted by Gasteiger charge is 2.51. The Morgan fingerprint density at radius 1 is 1.72 bits per heavy atom. The molecule has 0 saturated heterocycles. The van der Waals surface area contributed by atoms with Crippen LogP contribution < -0.4 is 5.32 Å². The zero-order valence-corrected chi connectivity index (χ0v) is 12.8. The molecule has 0 radical (unpaired) electrons. The molecule has 1 aromatic rings. The van der Waals surface area contributed by atoms with Crippen LogP contribution in [-0.2, 0) is 16.1 Å². The second-order valence-corrected chi connectivity index (χ2v) is 5.87. The van der Waals surface area contributed by atoms with Crippen LogP contribution >= 0.6 is 22.6 Å². The van der Waals surface area contributed by atoms with E-state index in [0.717, 1.165) is 23.0 Å². The van der Waals surface area contributed by atoms with Gasteiger partial charge in [-0.2, -0.15) is 5.10 Å². The molecule has 18 heavy (non-hydrogen) atoms. The summed E-state index contributed by atoms with van der Waals surface area (Å²) in [5, 5.41) is 7.60. The van der Waals surface area contributed by atoms with Gasteiger partial charge < -0.3 is 10.1 Å². The van der Waals surface area contributed by atoms with Crippen molar-refractivity contribution in [3.05, 3.63) is 16.0 Å². The predicted molar refractivity (Wildman–Crippen MR) is 76.1 cm³/mol. The van der Waals surface area contributed by atoms with Crippen molar-refractivity contribution in [3.63, 3.8) is 0 Å². The topological polar surface area (TPSA) is 56.2 Å². The van der Waals surface area contributed by atoms with Crippen molar-refractivity contribution in [1.82, 2.24) is 15.1 Å². The minimum atomic E-state index is -0.626. The molecule has 1 atom stereocenters. The minimum Gasteiger partial charge on any atom is -0.468 e. The number of hydrogen-bond acceptors (Lipinski definition) is 4. The second-order valence-electron chi connectivity index (χ2n) is 4.62. The predicted octanol–water partition coefficient (Wildman–Crippen LogP) is 1.42. The van der Waals surface area contributed by atoms with E-state index in [1.807, 2.05) is 17.8 Å². The van der Waals surface area contributed by atoms with Gasteiger partial charge in [-0.15, -0.1) is 0 Å². The van der Waals surface area contributed by atoms with Gasteiger partial charge in [0.15, 0.2) is 0 Å². The highest BCUT2D eigenvalue weighted by molar-refractivity contribution is 14.1. The zero-order chi connectivity index (χ0) is 13.2. The number of aromatic nitrogens is 2. The van der Waals surface area contributed by atoms with Gasteiger partial charge in [-0.05, 0) is 47.9 Å². The molecule has 100 valence electrons. The highest BCUT2D eigenvalue weighted by atomic mass is 127. The summed E-state index contributed by atoms with van der Waals surface area (Å²) in [5.41, 5.74) is -0.626. The third kappa shape index (κ3) is 2.69. The summed E-state index contributed by atoms with van der Waals surface area (Å²) in [5.74, 6) is 0.170. The Morgan fingerprint density at radius 2 is 2.44 bits per heavy atom. The average Bonchev–Trinajstić information content (AvgIpc) is 3.13. The van der Waals surface area contributed by atoms with Crippen molar-refractivity contribution < 1.29 is 9.53 Å². The molecule has 1 aromatic heterocycles. The van der Waals surface area contributed by atoms with Gasteiger partial charge in [-0.1, -0.05) is 6.92 Å². The summed E-state index contributed by atoms with van der Waals surface area (Å²) < 4.78 is 7.89. The van der Waals surface area contributed by atoms with Crippen LogP contribution in [0.25, 0.3) is 0 Å². The Kier molecular flexibility index (Phi) is 4.26. The Morgan fingerprint density at radius 3 is 2.89 bits per heavy atom. The van der Waals surface area contributed by atoms with E-state index in [1.165, 1.54) is 7.11 Å². The second kappa shape index (κ2) is 5.56. The third-order valence-corrected chi connectivity index (χ3v) is 3.89. The summed E-state index contributed by atoms with van der Waals surface area (Å²) in [6.45, 7) is 3.28. The fourth-order valence-electron chi connectivity index (χ4n) is 2.39. The van der Waals surface area contributed by atoms with Crippen molar-refractivity contribution in [1.29, 1.82) is 0 Å². The molecule has 5 nitrogen and oxygen atoms in total. The van der Waals surface area contributed by atoms with Gasteiger partial charge >= 0.3 is 5.97 Å². The normalized spacial score (nSPS) is 18.4. The molecule has 0 aliphatic heterocycles. The molecule has 6 heteroatoms. The summed E-state index contributed by atoms with van der Waals surface area (Å²) in [7, 11) is 1.45. The smallest absolute Gasteiger partial charge is 0.328 e.